The van der Waals surface area contributed by atoms with Crippen molar-refractivity contribution in [2.75, 3.05) is 13.1 Å². The number of piperidine rings is 1. The van der Waals surface area contributed by atoms with Crippen molar-refractivity contribution >= 4 is 17.9 Å². The molecule has 0 aromatic carbocycles. The Balaban J connectivity index is 2.25. The molecule has 2 heterocycles. The summed E-state index contributed by atoms with van der Waals surface area (Å²) in [6.07, 6.45) is -0.142. The number of fused-ring (bicyclic) bond motifs is 1. The molecule has 0 bridgehead atoms. The van der Waals surface area contributed by atoms with Crippen LogP contribution < -0.4 is 0 Å². The van der Waals surface area contributed by atoms with Crippen LogP contribution in [0.3, 0.4) is 0 Å². The van der Waals surface area contributed by atoms with E-state index in [-0.39, 0.29) is 6.04 Å². The van der Waals surface area contributed by atoms with Crippen LogP contribution in [0.25, 0.3) is 0 Å². The summed E-state index contributed by atoms with van der Waals surface area (Å²) in [4.78, 5) is 36.1. The zero-order valence-electron chi connectivity index (χ0n) is 12.5. The summed E-state index contributed by atoms with van der Waals surface area (Å²) >= 11 is 0. The molecule has 4 atom stereocenters. The van der Waals surface area contributed by atoms with E-state index in [0.29, 0.717) is 6.54 Å². The van der Waals surface area contributed by atoms with E-state index in [1.165, 1.54) is 20.8 Å². The lowest BCUT2D eigenvalue weighted by Crippen LogP contribution is -2.62. The van der Waals surface area contributed by atoms with Crippen LogP contribution in [0, 0.1) is 0 Å². The third kappa shape index (κ3) is 3.72. The molecule has 0 radical (unpaired) electrons. The number of hydrogen-bond donors (Lipinski definition) is 0. The lowest BCUT2D eigenvalue weighted by atomic mass is 9.93. The highest BCUT2D eigenvalue weighted by atomic mass is 16.6. The van der Waals surface area contributed by atoms with E-state index in [1.807, 2.05) is 0 Å². The summed E-state index contributed by atoms with van der Waals surface area (Å²) < 4.78 is 16.0. The number of ether oxygens (including phenoxy) is 3. The Hall–Kier alpha value is -1.63. The quantitative estimate of drug-likeness (QED) is 0.546. The van der Waals surface area contributed by atoms with Gasteiger partial charge in [-0.3, -0.25) is 19.3 Å². The molecule has 0 amide bonds. The average Bonchev–Trinajstić information content (AvgIpc) is 2.79. The van der Waals surface area contributed by atoms with Gasteiger partial charge in [-0.1, -0.05) is 0 Å². The summed E-state index contributed by atoms with van der Waals surface area (Å²) in [6, 6.07) is 0.00468. The maximum atomic E-state index is 11.4. The van der Waals surface area contributed by atoms with Crippen molar-refractivity contribution < 1.29 is 28.6 Å². The van der Waals surface area contributed by atoms with E-state index in [9.17, 15) is 14.4 Å². The standard InChI is InChI=1S/C14H21NO6/c1-8(16)19-12-7-15-6-4-5-11(15)13(20-9(2)17)14(12)21-10(3)18/h11-14H,4-7H2,1-3H3/t11-,12+,13-,14-/m1/s1. The first-order valence-electron chi connectivity index (χ1n) is 7.14. The van der Waals surface area contributed by atoms with Crippen molar-refractivity contribution in [2.24, 2.45) is 0 Å². The Morgan fingerprint density at radius 3 is 2.05 bits per heavy atom. The smallest absolute Gasteiger partial charge is 0.303 e. The molecule has 0 saturated carbocycles. The van der Waals surface area contributed by atoms with Crippen molar-refractivity contribution in [1.29, 1.82) is 0 Å². The Bertz CT molecular complexity index is 437. The molecule has 2 rings (SSSR count). The molecule has 0 spiro atoms. The van der Waals surface area contributed by atoms with Crippen molar-refractivity contribution in [2.45, 2.75) is 58.0 Å². The molecule has 2 aliphatic rings. The molecule has 7 heteroatoms. The van der Waals surface area contributed by atoms with Gasteiger partial charge < -0.3 is 14.2 Å². The van der Waals surface area contributed by atoms with Gasteiger partial charge in [0.2, 0.25) is 0 Å². The predicted octanol–water partition coefficient (Wildman–Crippen LogP) is 0.259. The van der Waals surface area contributed by atoms with Crippen LogP contribution in [0.1, 0.15) is 33.6 Å². The number of rotatable bonds is 3. The van der Waals surface area contributed by atoms with Gasteiger partial charge in [0.15, 0.2) is 18.3 Å². The first-order valence-corrected chi connectivity index (χ1v) is 7.14. The van der Waals surface area contributed by atoms with Crippen molar-refractivity contribution in [3.8, 4) is 0 Å². The molecule has 0 N–H and O–H groups in total. The summed E-state index contributed by atoms with van der Waals surface area (Å²) in [5.41, 5.74) is 0. The Morgan fingerprint density at radius 2 is 1.48 bits per heavy atom. The lowest BCUT2D eigenvalue weighted by Gasteiger charge is -2.44. The molecular formula is C14H21NO6. The van der Waals surface area contributed by atoms with Gasteiger partial charge in [0, 0.05) is 27.3 Å². The molecule has 7 nitrogen and oxygen atoms in total. The van der Waals surface area contributed by atoms with Crippen LogP contribution in [0.15, 0.2) is 0 Å². The zero-order chi connectivity index (χ0) is 15.6. The molecule has 2 saturated heterocycles. The van der Waals surface area contributed by atoms with Gasteiger partial charge >= 0.3 is 17.9 Å². The van der Waals surface area contributed by atoms with Crippen LogP contribution in [0.5, 0.6) is 0 Å². The van der Waals surface area contributed by atoms with E-state index >= 15 is 0 Å². The van der Waals surface area contributed by atoms with E-state index in [1.54, 1.807) is 0 Å². The van der Waals surface area contributed by atoms with Crippen molar-refractivity contribution in [1.82, 2.24) is 4.90 Å². The molecule has 0 aromatic heterocycles. The molecule has 21 heavy (non-hydrogen) atoms. The summed E-state index contributed by atoms with van der Waals surface area (Å²) in [5, 5.41) is 0. The van der Waals surface area contributed by atoms with Gasteiger partial charge in [0.25, 0.3) is 0 Å². The second-order valence-electron chi connectivity index (χ2n) is 5.50. The third-order valence-corrected chi connectivity index (χ3v) is 3.82. The molecule has 2 aliphatic heterocycles. The van der Waals surface area contributed by atoms with Gasteiger partial charge in [0.1, 0.15) is 0 Å². The van der Waals surface area contributed by atoms with Gasteiger partial charge in [0.05, 0.1) is 6.04 Å². The molecular weight excluding hydrogens is 278 g/mol. The van der Waals surface area contributed by atoms with E-state index in [4.69, 9.17) is 14.2 Å². The largest absolute Gasteiger partial charge is 0.457 e. The third-order valence-electron chi connectivity index (χ3n) is 3.82. The van der Waals surface area contributed by atoms with Crippen LogP contribution in [-0.4, -0.2) is 60.3 Å². The minimum absolute atomic E-state index is 0.00468. The van der Waals surface area contributed by atoms with Crippen molar-refractivity contribution in [3.05, 3.63) is 0 Å². The first-order chi connectivity index (χ1) is 9.88. The second kappa shape index (κ2) is 6.43. The first kappa shape index (κ1) is 15.8. The van der Waals surface area contributed by atoms with E-state index in [0.717, 1.165) is 19.4 Å². The topological polar surface area (TPSA) is 82.1 Å². The highest BCUT2D eigenvalue weighted by Crippen LogP contribution is 2.32. The van der Waals surface area contributed by atoms with Crippen LogP contribution in [0.2, 0.25) is 0 Å². The monoisotopic (exact) mass is 299 g/mol. The van der Waals surface area contributed by atoms with Crippen LogP contribution in [-0.2, 0) is 28.6 Å². The lowest BCUT2D eigenvalue weighted by molar-refractivity contribution is -0.200. The predicted molar refractivity (Wildman–Crippen MR) is 71.3 cm³/mol. The van der Waals surface area contributed by atoms with Gasteiger partial charge in [-0.05, 0) is 19.4 Å². The fourth-order valence-corrected chi connectivity index (χ4v) is 3.21. The fourth-order valence-electron chi connectivity index (χ4n) is 3.21. The Labute approximate surface area is 123 Å². The van der Waals surface area contributed by atoms with E-state index < -0.39 is 36.2 Å². The molecule has 0 aliphatic carbocycles. The maximum absolute atomic E-state index is 11.4. The van der Waals surface area contributed by atoms with Gasteiger partial charge in [-0.25, -0.2) is 0 Å². The number of carbonyl (C=O) groups excluding carboxylic acids is 3. The molecule has 2 fully saturated rings. The molecule has 118 valence electrons. The fraction of sp³-hybridized carbons (Fsp3) is 0.786. The Kier molecular flexibility index (Phi) is 4.82. The average molecular weight is 299 g/mol. The highest BCUT2D eigenvalue weighted by molar-refractivity contribution is 5.68. The number of esters is 3. The summed E-state index contributed by atoms with van der Waals surface area (Å²) in [7, 11) is 0. The van der Waals surface area contributed by atoms with Crippen LogP contribution >= 0.6 is 0 Å². The normalized spacial score (nSPS) is 32.1. The summed E-state index contributed by atoms with van der Waals surface area (Å²) in [5.74, 6) is -1.37. The SMILES string of the molecule is CC(=O)O[C@H]1[C@H](OC(C)=O)[C@H]2CCCN2C[C@@H]1OC(C)=O. The minimum atomic E-state index is -0.755. The van der Waals surface area contributed by atoms with Gasteiger partial charge in [-0.2, -0.15) is 0 Å². The Morgan fingerprint density at radius 1 is 0.905 bits per heavy atom. The number of hydrogen-bond acceptors (Lipinski definition) is 7. The van der Waals surface area contributed by atoms with Gasteiger partial charge in [-0.15, -0.1) is 0 Å². The zero-order valence-corrected chi connectivity index (χ0v) is 12.5. The summed E-state index contributed by atoms with van der Waals surface area (Å²) in [6.45, 7) is 5.25. The second-order valence-corrected chi connectivity index (χ2v) is 5.50. The van der Waals surface area contributed by atoms with Crippen molar-refractivity contribution in [3.63, 3.8) is 0 Å². The van der Waals surface area contributed by atoms with E-state index in [2.05, 4.69) is 4.90 Å². The number of nitrogens with zero attached hydrogens (tertiary/aromatic N) is 1. The molecule has 0 aromatic rings. The maximum Gasteiger partial charge on any atom is 0.303 e. The highest BCUT2D eigenvalue weighted by Gasteiger charge is 2.50. The number of carbonyl (C=O) groups is 3. The molecule has 0 unspecified atom stereocenters. The minimum Gasteiger partial charge on any atom is -0.457 e. The van der Waals surface area contributed by atoms with Crippen LogP contribution in [0.4, 0.5) is 0 Å².